The number of amides is 5. The highest BCUT2D eigenvalue weighted by atomic mass is 28.4. The third kappa shape index (κ3) is 16.5. The molecular formula is C50H80N6O16Si2. The molecular weight excluding hydrogens is 997 g/mol. The SMILES string of the molecule is C=C(C)[C@H](N)C(=O)N[C@H](C(=O)N1CC=C[C@H]1C(=O)N/C(C(=O)N[C@@H](C(=O)OC)[C@H](O)C(=O)OC)=C(\C)CC)[C@@](C)(CC)Oc1cc([C@H](O[Si](C)(C)C(C)(C)C)[C@@H](C(=O)O)N(C)C(=O)OCC[Si](C)(C)C)ccc1O. The highest BCUT2D eigenvalue weighted by molar-refractivity contribution is 6.76. The topological polar surface area (TPSA) is 312 Å². The van der Waals surface area contributed by atoms with E-state index in [0.717, 1.165) is 24.0 Å². The van der Waals surface area contributed by atoms with Gasteiger partial charge in [-0.1, -0.05) is 84.6 Å². The number of rotatable bonds is 25. The first kappa shape index (κ1) is 64.0. The number of ether oxygens (including phenoxy) is 4. The summed E-state index contributed by atoms with van der Waals surface area (Å²) in [5, 5.41) is 39.7. The number of benzene rings is 1. The predicted octanol–water partition coefficient (Wildman–Crippen LogP) is 4.01. The summed E-state index contributed by atoms with van der Waals surface area (Å²) >= 11 is 0. The van der Waals surface area contributed by atoms with Crippen LogP contribution >= 0.6 is 0 Å². The number of aliphatic carboxylic acids is 1. The van der Waals surface area contributed by atoms with Crippen LogP contribution in [0.4, 0.5) is 4.79 Å². The molecule has 1 heterocycles. The standard InChI is InChI=1S/C50H80N6O16Si2/c1-18-29(5)35(43(61)53-36(46(65)68-11)38(58)47(66)69-12)52-41(59)31-21-20-24-56(31)44(62)40(54-42(60)34(51)28(3)4)50(9,19-2)71-33-27-30(22-23-32(33)57)39(72-74(16,17)49(6,7)8)37(45(63)64)55(10)48(67)70-25-26-73(13,14)15/h20-23,27,31,34,36-40,57-58H,3,18-19,24-26,51H2,1-2,4-17H3,(H,52,59)(H,53,61)(H,54,60)(H,63,64)/b35-29+/t31-,34-,36+,37-,38-,39-,40+,50+/m0/s1. The second-order valence-electron chi connectivity index (χ2n) is 21.2. The lowest BCUT2D eigenvalue weighted by Gasteiger charge is -2.42. The van der Waals surface area contributed by atoms with Crippen molar-refractivity contribution in [2.75, 3.05) is 34.4 Å². The van der Waals surface area contributed by atoms with E-state index in [2.05, 4.69) is 51.6 Å². The molecule has 0 aliphatic carbocycles. The quantitative estimate of drug-likeness (QED) is 0.0239. The zero-order valence-corrected chi connectivity index (χ0v) is 47.8. The van der Waals surface area contributed by atoms with E-state index in [1.807, 2.05) is 33.9 Å². The van der Waals surface area contributed by atoms with Gasteiger partial charge in [0.15, 0.2) is 38.0 Å². The minimum atomic E-state index is -2.89. The van der Waals surface area contributed by atoms with Crippen molar-refractivity contribution in [2.45, 2.75) is 160 Å². The number of nitrogens with one attached hydrogen (secondary N) is 3. The number of methoxy groups -OCH3 is 2. The van der Waals surface area contributed by atoms with Crippen LogP contribution < -0.4 is 26.4 Å². The first-order valence-corrected chi connectivity index (χ1v) is 30.8. The third-order valence-electron chi connectivity index (χ3n) is 13.3. The average Bonchev–Trinajstić information content (AvgIpc) is 3.82. The van der Waals surface area contributed by atoms with Gasteiger partial charge >= 0.3 is 24.0 Å². The number of aromatic hydroxyl groups is 1. The maximum atomic E-state index is 15.1. The third-order valence-corrected chi connectivity index (χ3v) is 19.5. The lowest BCUT2D eigenvalue weighted by molar-refractivity contribution is -0.160. The molecule has 0 fully saturated rings. The van der Waals surface area contributed by atoms with Gasteiger partial charge < -0.3 is 65.3 Å². The van der Waals surface area contributed by atoms with Crippen molar-refractivity contribution in [2.24, 2.45) is 5.73 Å². The van der Waals surface area contributed by atoms with Crippen LogP contribution in [-0.2, 0) is 52.2 Å². The normalized spacial score (nSPS) is 17.4. The number of carbonyl (C=O) groups excluding carboxylic acids is 7. The Bertz CT molecular complexity index is 2330. The van der Waals surface area contributed by atoms with E-state index >= 15 is 4.79 Å². The molecule has 0 saturated heterocycles. The highest BCUT2D eigenvalue weighted by Gasteiger charge is 2.49. The molecule has 8 atom stereocenters. The number of carboxylic acid groups (broad SMARTS) is 1. The molecule has 1 aromatic carbocycles. The molecule has 8 N–H and O–H groups in total. The summed E-state index contributed by atoms with van der Waals surface area (Å²) in [6.45, 7) is 27.4. The van der Waals surface area contributed by atoms with E-state index in [1.165, 1.54) is 58.2 Å². The van der Waals surface area contributed by atoms with E-state index in [0.29, 0.717) is 6.04 Å². The van der Waals surface area contributed by atoms with Crippen LogP contribution in [0.1, 0.15) is 79.9 Å². The van der Waals surface area contributed by atoms with Gasteiger partial charge in [0.05, 0.1) is 20.8 Å². The number of phenols is 1. The van der Waals surface area contributed by atoms with Gasteiger partial charge in [0.25, 0.3) is 17.7 Å². The van der Waals surface area contributed by atoms with Crippen LogP contribution in [0.5, 0.6) is 11.5 Å². The van der Waals surface area contributed by atoms with Crippen molar-refractivity contribution in [1.29, 1.82) is 0 Å². The number of aliphatic hydroxyl groups excluding tert-OH is 1. The second kappa shape index (κ2) is 26.4. The van der Waals surface area contributed by atoms with Gasteiger partial charge in [0.1, 0.15) is 35.5 Å². The maximum Gasteiger partial charge on any atom is 0.410 e. The molecule has 2 rings (SSSR count). The minimum Gasteiger partial charge on any atom is -0.504 e. The lowest BCUT2D eigenvalue weighted by atomic mass is 9.90. The van der Waals surface area contributed by atoms with E-state index in [9.17, 15) is 48.9 Å². The van der Waals surface area contributed by atoms with Crippen molar-refractivity contribution in [1.82, 2.24) is 25.8 Å². The van der Waals surface area contributed by atoms with E-state index in [4.69, 9.17) is 19.6 Å². The van der Waals surface area contributed by atoms with Crippen LogP contribution in [-0.4, -0.2) is 165 Å². The van der Waals surface area contributed by atoms with Gasteiger partial charge in [-0.25, -0.2) is 19.2 Å². The number of carbonyl (C=O) groups is 8. The van der Waals surface area contributed by atoms with Crippen LogP contribution in [0.3, 0.4) is 0 Å². The molecule has 5 amide bonds. The zero-order chi connectivity index (χ0) is 57.0. The van der Waals surface area contributed by atoms with Crippen molar-refractivity contribution >= 4 is 64.0 Å². The van der Waals surface area contributed by atoms with Crippen LogP contribution in [0, 0.1) is 0 Å². The molecule has 1 aliphatic heterocycles. The number of allylic oxidation sites excluding steroid dienone is 1. The monoisotopic (exact) mass is 1080 g/mol. The van der Waals surface area contributed by atoms with Crippen molar-refractivity contribution < 1.29 is 77.0 Å². The Morgan fingerprint density at radius 3 is 2.05 bits per heavy atom. The summed E-state index contributed by atoms with van der Waals surface area (Å²) in [7, 11) is -1.32. The molecule has 22 nitrogen and oxygen atoms in total. The molecule has 1 aromatic rings. The van der Waals surface area contributed by atoms with Gasteiger partial charge in [-0.3, -0.25) is 24.1 Å². The van der Waals surface area contributed by atoms with Crippen LogP contribution in [0.15, 0.2) is 53.8 Å². The Kier molecular flexibility index (Phi) is 22.9. The Hall–Kier alpha value is -6.09. The summed E-state index contributed by atoms with van der Waals surface area (Å²) in [5.41, 5.74) is 4.71. The van der Waals surface area contributed by atoms with Gasteiger partial charge in [0, 0.05) is 21.7 Å². The Labute approximate surface area is 436 Å². The van der Waals surface area contributed by atoms with Gasteiger partial charge in [-0.2, -0.15) is 0 Å². The fourth-order valence-corrected chi connectivity index (χ4v) is 8.98. The fourth-order valence-electron chi connectivity index (χ4n) is 7.01. The number of esters is 2. The molecule has 0 spiro atoms. The number of hydrogen-bond acceptors (Lipinski definition) is 16. The molecule has 0 bridgehead atoms. The maximum absolute atomic E-state index is 15.1. The minimum absolute atomic E-state index is 0.0665. The molecule has 0 aromatic heterocycles. The Morgan fingerprint density at radius 1 is 0.959 bits per heavy atom. The number of likely N-dealkylation sites (N-methyl/N-ethyl adjacent to an activating group) is 1. The lowest BCUT2D eigenvalue weighted by Crippen LogP contribution is -2.65. The highest BCUT2D eigenvalue weighted by Crippen LogP contribution is 2.43. The molecule has 74 heavy (non-hydrogen) atoms. The van der Waals surface area contributed by atoms with Gasteiger partial charge in [-0.15, -0.1) is 0 Å². The van der Waals surface area contributed by atoms with E-state index in [1.54, 1.807) is 13.8 Å². The summed E-state index contributed by atoms with van der Waals surface area (Å²) < 4.78 is 28.2. The summed E-state index contributed by atoms with van der Waals surface area (Å²) in [5.74, 6) is -8.37. The zero-order valence-electron chi connectivity index (χ0n) is 45.8. The summed E-state index contributed by atoms with van der Waals surface area (Å²) in [6.07, 6.45) is -1.46. The molecule has 414 valence electrons. The molecule has 24 heteroatoms. The first-order valence-electron chi connectivity index (χ1n) is 24.2. The van der Waals surface area contributed by atoms with E-state index in [-0.39, 0.29) is 54.1 Å². The average molecular weight is 1080 g/mol. The Balaban J connectivity index is 2.79. The number of aliphatic hydroxyl groups is 1. The predicted molar refractivity (Wildman–Crippen MR) is 280 cm³/mol. The first-order chi connectivity index (χ1) is 34.0. The van der Waals surface area contributed by atoms with Crippen molar-refractivity contribution in [3.63, 3.8) is 0 Å². The van der Waals surface area contributed by atoms with Crippen LogP contribution in [0.25, 0.3) is 0 Å². The number of phenolic OH excluding ortho intramolecular Hbond substituents is 1. The summed E-state index contributed by atoms with van der Waals surface area (Å²) in [4.78, 5) is 111. The largest absolute Gasteiger partial charge is 0.504 e. The summed E-state index contributed by atoms with van der Waals surface area (Å²) in [6, 6.07) is -3.43. The number of carboxylic acids is 1. The molecule has 0 radical (unpaired) electrons. The number of nitrogens with zero attached hydrogens (tertiary/aromatic N) is 2. The van der Waals surface area contributed by atoms with Crippen molar-refractivity contribution in [3.05, 3.63) is 59.3 Å². The second-order valence-corrected chi connectivity index (χ2v) is 31.6. The fraction of sp³-hybridized carbons (Fsp3) is 0.600. The van der Waals surface area contributed by atoms with Crippen LogP contribution in [0.2, 0.25) is 43.8 Å². The smallest absolute Gasteiger partial charge is 0.410 e. The molecule has 0 saturated carbocycles. The van der Waals surface area contributed by atoms with Crippen molar-refractivity contribution in [3.8, 4) is 11.5 Å². The molecule has 1 aliphatic rings. The van der Waals surface area contributed by atoms with Gasteiger partial charge in [0.2, 0.25) is 5.91 Å². The Morgan fingerprint density at radius 2 is 1.55 bits per heavy atom. The number of hydrogen-bond donors (Lipinski definition) is 7. The molecule has 0 unspecified atom stereocenters. The van der Waals surface area contributed by atoms with E-state index < -0.39 is 123 Å². The number of nitrogens with two attached hydrogens (primary N) is 1. The van der Waals surface area contributed by atoms with Gasteiger partial charge in [-0.05, 0) is 81.1 Å².